The van der Waals surface area contributed by atoms with Crippen LogP contribution in [0, 0.1) is 11.8 Å². The second-order valence-electron chi connectivity index (χ2n) is 5.04. The standard InChI is InChI=1S/C12H18ClN3/c1-2-6-16-10(7-13)14-15-12(16)11-8-4-3-5-9(8)11/h8-9,11H,2-7H2,1H3. The predicted octanol–water partition coefficient (Wildman–Crippen LogP) is 2.94. The quantitative estimate of drug-likeness (QED) is 0.757. The fraction of sp³-hybridized carbons (Fsp3) is 0.833. The van der Waals surface area contributed by atoms with Crippen molar-refractivity contribution in [3.8, 4) is 0 Å². The molecule has 0 saturated heterocycles. The van der Waals surface area contributed by atoms with Crippen molar-refractivity contribution in [2.45, 2.75) is 50.9 Å². The van der Waals surface area contributed by atoms with E-state index in [0.717, 1.165) is 30.6 Å². The summed E-state index contributed by atoms with van der Waals surface area (Å²) in [6.07, 6.45) is 5.32. The highest BCUT2D eigenvalue weighted by Crippen LogP contribution is 2.62. The lowest BCUT2D eigenvalue weighted by atomic mass is 10.1. The number of halogens is 1. The van der Waals surface area contributed by atoms with Gasteiger partial charge in [0.25, 0.3) is 0 Å². The summed E-state index contributed by atoms with van der Waals surface area (Å²) in [5.74, 6) is 5.15. The van der Waals surface area contributed by atoms with E-state index >= 15 is 0 Å². The molecule has 0 radical (unpaired) electrons. The molecule has 1 aromatic heterocycles. The fourth-order valence-corrected chi connectivity index (χ4v) is 3.56. The molecule has 3 rings (SSSR count). The van der Waals surface area contributed by atoms with Crippen molar-refractivity contribution in [2.75, 3.05) is 0 Å². The summed E-state index contributed by atoms with van der Waals surface area (Å²) in [7, 11) is 0. The van der Waals surface area contributed by atoms with Gasteiger partial charge in [0.05, 0.1) is 5.88 Å². The lowest BCUT2D eigenvalue weighted by molar-refractivity contribution is 0.581. The Balaban J connectivity index is 1.86. The molecule has 0 bridgehead atoms. The zero-order valence-electron chi connectivity index (χ0n) is 9.69. The third-order valence-electron chi connectivity index (χ3n) is 4.13. The van der Waals surface area contributed by atoms with Gasteiger partial charge < -0.3 is 4.57 Å². The molecule has 1 aromatic rings. The number of hydrogen-bond acceptors (Lipinski definition) is 2. The van der Waals surface area contributed by atoms with Crippen molar-refractivity contribution in [3.63, 3.8) is 0 Å². The molecule has 2 aliphatic carbocycles. The Kier molecular flexibility index (Phi) is 2.66. The van der Waals surface area contributed by atoms with Crippen LogP contribution in [-0.4, -0.2) is 14.8 Å². The SMILES string of the molecule is CCCn1c(CCl)nnc1C1C2CCCC21. The molecule has 0 aliphatic heterocycles. The van der Waals surface area contributed by atoms with E-state index in [1.807, 2.05) is 0 Å². The number of rotatable bonds is 4. The Morgan fingerprint density at radius 2 is 2.06 bits per heavy atom. The van der Waals surface area contributed by atoms with Gasteiger partial charge in [0.2, 0.25) is 0 Å². The zero-order chi connectivity index (χ0) is 11.1. The summed E-state index contributed by atoms with van der Waals surface area (Å²) in [5, 5.41) is 8.60. The monoisotopic (exact) mass is 239 g/mol. The summed E-state index contributed by atoms with van der Waals surface area (Å²) in [6, 6.07) is 0. The van der Waals surface area contributed by atoms with Crippen LogP contribution in [0.2, 0.25) is 0 Å². The largest absolute Gasteiger partial charge is 0.314 e. The Hall–Kier alpha value is -0.570. The lowest BCUT2D eigenvalue weighted by Gasteiger charge is -2.08. The van der Waals surface area contributed by atoms with E-state index in [2.05, 4.69) is 21.7 Å². The molecule has 3 nitrogen and oxygen atoms in total. The van der Waals surface area contributed by atoms with Crippen molar-refractivity contribution in [1.29, 1.82) is 0 Å². The number of fused-ring (bicyclic) bond motifs is 1. The summed E-state index contributed by atoms with van der Waals surface area (Å²) in [4.78, 5) is 0. The molecule has 2 atom stereocenters. The first-order chi connectivity index (χ1) is 7.86. The van der Waals surface area contributed by atoms with E-state index in [-0.39, 0.29) is 0 Å². The van der Waals surface area contributed by atoms with Gasteiger partial charge in [-0.3, -0.25) is 0 Å². The third kappa shape index (κ3) is 1.48. The Bertz CT molecular complexity index is 378. The first kappa shape index (κ1) is 10.6. The van der Waals surface area contributed by atoms with Gasteiger partial charge in [-0.25, -0.2) is 0 Å². The molecular formula is C12H18ClN3. The molecule has 2 aliphatic rings. The van der Waals surface area contributed by atoms with Crippen molar-refractivity contribution in [1.82, 2.24) is 14.8 Å². The average molecular weight is 240 g/mol. The zero-order valence-corrected chi connectivity index (χ0v) is 10.5. The number of nitrogens with zero attached hydrogens (tertiary/aromatic N) is 3. The average Bonchev–Trinajstić information content (AvgIpc) is 2.72. The molecule has 0 aromatic carbocycles. The second kappa shape index (κ2) is 4.02. The topological polar surface area (TPSA) is 30.7 Å². The maximum atomic E-state index is 5.90. The van der Waals surface area contributed by atoms with Gasteiger partial charge in [-0.05, 0) is 31.1 Å². The first-order valence-electron chi connectivity index (χ1n) is 6.34. The molecule has 0 spiro atoms. The van der Waals surface area contributed by atoms with E-state index in [0.29, 0.717) is 11.8 Å². The van der Waals surface area contributed by atoms with Crippen LogP contribution >= 0.6 is 11.6 Å². The Morgan fingerprint density at radius 3 is 2.69 bits per heavy atom. The highest BCUT2D eigenvalue weighted by Gasteiger charge is 2.55. The molecule has 0 amide bonds. The van der Waals surface area contributed by atoms with E-state index in [1.165, 1.54) is 25.1 Å². The predicted molar refractivity (Wildman–Crippen MR) is 63.4 cm³/mol. The van der Waals surface area contributed by atoms with Gasteiger partial charge in [-0.1, -0.05) is 13.3 Å². The highest BCUT2D eigenvalue weighted by atomic mass is 35.5. The van der Waals surface area contributed by atoms with Gasteiger partial charge in [0.15, 0.2) is 0 Å². The molecule has 88 valence electrons. The van der Waals surface area contributed by atoms with Crippen LogP contribution in [0.15, 0.2) is 0 Å². The van der Waals surface area contributed by atoms with Crippen LogP contribution < -0.4 is 0 Å². The lowest BCUT2D eigenvalue weighted by Crippen LogP contribution is -2.07. The van der Waals surface area contributed by atoms with Crippen LogP contribution in [0.3, 0.4) is 0 Å². The maximum absolute atomic E-state index is 5.90. The molecule has 2 fully saturated rings. The van der Waals surface area contributed by atoms with Crippen molar-refractivity contribution in [3.05, 3.63) is 11.6 Å². The number of aromatic nitrogens is 3. The molecule has 1 heterocycles. The second-order valence-corrected chi connectivity index (χ2v) is 5.31. The van der Waals surface area contributed by atoms with Gasteiger partial charge >= 0.3 is 0 Å². The molecule has 0 N–H and O–H groups in total. The van der Waals surface area contributed by atoms with Gasteiger partial charge in [0, 0.05) is 12.5 Å². The van der Waals surface area contributed by atoms with Gasteiger partial charge in [-0.2, -0.15) is 0 Å². The number of hydrogen-bond donors (Lipinski definition) is 0. The smallest absolute Gasteiger partial charge is 0.147 e. The highest BCUT2D eigenvalue weighted by molar-refractivity contribution is 6.16. The minimum absolute atomic E-state index is 0.481. The van der Waals surface area contributed by atoms with Crippen LogP contribution in [0.1, 0.15) is 50.2 Å². The summed E-state index contributed by atoms with van der Waals surface area (Å²) in [6.45, 7) is 3.20. The molecule has 2 unspecified atom stereocenters. The fourth-order valence-electron chi connectivity index (χ4n) is 3.37. The maximum Gasteiger partial charge on any atom is 0.147 e. The van der Waals surface area contributed by atoms with Crippen LogP contribution in [0.5, 0.6) is 0 Å². The molecule has 2 saturated carbocycles. The number of alkyl halides is 1. The Labute approximate surface area is 101 Å². The van der Waals surface area contributed by atoms with E-state index in [1.54, 1.807) is 0 Å². The minimum atomic E-state index is 0.481. The van der Waals surface area contributed by atoms with Crippen LogP contribution in [-0.2, 0) is 12.4 Å². The summed E-state index contributed by atoms with van der Waals surface area (Å²) < 4.78 is 2.26. The van der Waals surface area contributed by atoms with Crippen molar-refractivity contribution in [2.24, 2.45) is 11.8 Å². The van der Waals surface area contributed by atoms with Gasteiger partial charge in [-0.15, -0.1) is 21.8 Å². The summed E-state index contributed by atoms with van der Waals surface area (Å²) in [5.41, 5.74) is 0. The minimum Gasteiger partial charge on any atom is -0.314 e. The van der Waals surface area contributed by atoms with E-state index < -0.39 is 0 Å². The van der Waals surface area contributed by atoms with Crippen molar-refractivity contribution >= 4 is 11.6 Å². The van der Waals surface area contributed by atoms with Gasteiger partial charge in [0.1, 0.15) is 11.6 Å². The van der Waals surface area contributed by atoms with E-state index in [4.69, 9.17) is 11.6 Å². The van der Waals surface area contributed by atoms with Crippen molar-refractivity contribution < 1.29 is 0 Å². The Morgan fingerprint density at radius 1 is 1.31 bits per heavy atom. The third-order valence-corrected chi connectivity index (χ3v) is 4.37. The first-order valence-corrected chi connectivity index (χ1v) is 6.88. The normalized spacial score (nSPS) is 31.8. The van der Waals surface area contributed by atoms with Crippen LogP contribution in [0.25, 0.3) is 0 Å². The summed E-state index contributed by atoms with van der Waals surface area (Å²) >= 11 is 5.90. The molecule has 4 heteroatoms. The van der Waals surface area contributed by atoms with Crippen LogP contribution in [0.4, 0.5) is 0 Å². The van der Waals surface area contributed by atoms with E-state index in [9.17, 15) is 0 Å². The molecular weight excluding hydrogens is 222 g/mol. The molecule has 16 heavy (non-hydrogen) atoms.